The molecular weight excluding hydrogens is 318 g/mol. The lowest BCUT2D eigenvalue weighted by atomic mass is 10.2. The molecule has 0 heterocycles. The number of sulfonamides is 1. The SMILES string of the molecule is COc1ccc(Br)cc1S(=O)(=O)NC(C)C1CC1. The second-order valence-electron chi connectivity index (χ2n) is 4.54. The van der Waals surface area contributed by atoms with Gasteiger partial charge in [-0.25, -0.2) is 13.1 Å². The molecule has 4 nitrogen and oxygen atoms in total. The molecule has 2 rings (SSSR count). The van der Waals surface area contributed by atoms with Gasteiger partial charge >= 0.3 is 0 Å². The van der Waals surface area contributed by atoms with Gasteiger partial charge in [0.25, 0.3) is 0 Å². The molecule has 0 saturated heterocycles. The van der Waals surface area contributed by atoms with Gasteiger partial charge in [0.1, 0.15) is 10.6 Å². The smallest absolute Gasteiger partial charge is 0.244 e. The van der Waals surface area contributed by atoms with E-state index in [2.05, 4.69) is 20.7 Å². The summed E-state index contributed by atoms with van der Waals surface area (Å²) in [4.78, 5) is 0.173. The Morgan fingerprint density at radius 3 is 2.67 bits per heavy atom. The van der Waals surface area contributed by atoms with E-state index in [9.17, 15) is 8.42 Å². The zero-order valence-electron chi connectivity index (χ0n) is 10.3. The molecule has 0 radical (unpaired) electrons. The Kier molecular flexibility index (Phi) is 3.99. The molecule has 1 aromatic rings. The molecule has 100 valence electrons. The molecule has 1 fully saturated rings. The Morgan fingerprint density at radius 1 is 1.44 bits per heavy atom. The van der Waals surface area contributed by atoms with Crippen LogP contribution in [0.3, 0.4) is 0 Å². The molecule has 1 unspecified atom stereocenters. The lowest BCUT2D eigenvalue weighted by Crippen LogP contribution is -2.34. The van der Waals surface area contributed by atoms with E-state index in [1.807, 2.05) is 6.92 Å². The Hall–Kier alpha value is -0.590. The van der Waals surface area contributed by atoms with Crippen molar-refractivity contribution in [3.63, 3.8) is 0 Å². The van der Waals surface area contributed by atoms with Crippen molar-refractivity contribution >= 4 is 26.0 Å². The van der Waals surface area contributed by atoms with E-state index in [4.69, 9.17) is 4.74 Å². The van der Waals surface area contributed by atoms with Crippen LogP contribution < -0.4 is 9.46 Å². The molecule has 0 amide bonds. The molecule has 1 atom stereocenters. The summed E-state index contributed by atoms with van der Waals surface area (Å²) >= 11 is 3.28. The van der Waals surface area contributed by atoms with E-state index < -0.39 is 10.0 Å². The molecule has 18 heavy (non-hydrogen) atoms. The van der Waals surface area contributed by atoms with Crippen molar-refractivity contribution in [1.29, 1.82) is 0 Å². The van der Waals surface area contributed by atoms with Crippen LogP contribution >= 0.6 is 15.9 Å². The number of ether oxygens (including phenoxy) is 1. The summed E-state index contributed by atoms with van der Waals surface area (Å²) in [5, 5.41) is 0. The molecule has 1 N–H and O–H groups in total. The van der Waals surface area contributed by atoms with Gasteiger partial charge in [-0.15, -0.1) is 0 Å². The van der Waals surface area contributed by atoms with Crippen LogP contribution in [-0.2, 0) is 10.0 Å². The van der Waals surface area contributed by atoms with E-state index >= 15 is 0 Å². The number of benzene rings is 1. The molecule has 1 aromatic carbocycles. The van der Waals surface area contributed by atoms with Crippen LogP contribution in [0.25, 0.3) is 0 Å². The number of rotatable bonds is 5. The van der Waals surface area contributed by atoms with Crippen molar-refractivity contribution in [2.24, 2.45) is 5.92 Å². The Bertz CT molecular complexity index is 540. The minimum atomic E-state index is -3.53. The lowest BCUT2D eigenvalue weighted by molar-refractivity contribution is 0.401. The maximum atomic E-state index is 12.3. The quantitative estimate of drug-likeness (QED) is 0.900. The monoisotopic (exact) mass is 333 g/mol. The zero-order chi connectivity index (χ0) is 13.3. The van der Waals surface area contributed by atoms with E-state index in [1.54, 1.807) is 18.2 Å². The van der Waals surface area contributed by atoms with E-state index in [1.165, 1.54) is 7.11 Å². The maximum absolute atomic E-state index is 12.3. The fourth-order valence-corrected chi connectivity index (χ4v) is 3.88. The van der Waals surface area contributed by atoms with Gasteiger partial charge in [0.2, 0.25) is 10.0 Å². The summed E-state index contributed by atoms with van der Waals surface area (Å²) in [6, 6.07) is 4.92. The second kappa shape index (κ2) is 5.19. The van der Waals surface area contributed by atoms with Crippen molar-refractivity contribution < 1.29 is 13.2 Å². The van der Waals surface area contributed by atoms with Gasteiger partial charge in [0.05, 0.1) is 7.11 Å². The number of halogens is 1. The highest BCUT2D eigenvalue weighted by molar-refractivity contribution is 9.10. The molecule has 0 spiro atoms. The van der Waals surface area contributed by atoms with Crippen LogP contribution in [0.5, 0.6) is 5.75 Å². The molecule has 0 aliphatic heterocycles. The number of hydrogen-bond donors (Lipinski definition) is 1. The Labute approximate surface area is 116 Å². The highest BCUT2D eigenvalue weighted by Crippen LogP contribution is 2.34. The molecular formula is C12H16BrNO3S. The number of hydrogen-bond acceptors (Lipinski definition) is 3. The first-order valence-electron chi connectivity index (χ1n) is 5.80. The van der Waals surface area contributed by atoms with Gasteiger partial charge in [0, 0.05) is 10.5 Å². The minimum Gasteiger partial charge on any atom is -0.495 e. The fourth-order valence-electron chi connectivity index (χ4n) is 1.86. The summed E-state index contributed by atoms with van der Waals surface area (Å²) in [7, 11) is -2.07. The lowest BCUT2D eigenvalue weighted by Gasteiger charge is -2.15. The summed E-state index contributed by atoms with van der Waals surface area (Å²) in [5.41, 5.74) is 0. The molecule has 1 aliphatic carbocycles. The molecule has 1 aliphatic rings. The second-order valence-corrected chi connectivity index (χ2v) is 7.14. The van der Waals surface area contributed by atoms with Crippen molar-refractivity contribution in [3.8, 4) is 5.75 Å². The maximum Gasteiger partial charge on any atom is 0.244 e. The van der Waals surface area contributed by atoms with Crippen LogP contribution in [0.1, 0.15) is 19.8 Å². The fraction of sp³-hybridized carbons (Fsp3) is 0.500. The van der Waals surface area contributed by atoms with Gasteiger partial charge in [-0.1, -0.05) is 15.9 Å². The first kappa shape index (κ1) is 13.8. The van der Waals surface area contributed by atoms with Gasteiger partial charge in [-0.2, -0.15) is 0 Å². The van der Waals surface area contributed by atoms with E-state index in [-0.39, 0.29) is 10.9 Å². The Balaban J connectivity index is 2.30. The largest absolute Gasteiger partial charge is 0.495 e. The highest BCUT2D eigenvalue weighted by atomic mass is 79.9. The third-order valence-corrected chi connectivity index (χ3v) is 5.16. The first-order chi connectivity index (χ1) is 8.44. The standard InChI is InChI=1S/C12H16BrNO3S/c1-8(9-3-4-9)14-18(15,16)12-7-10(13)5-6-11(12)17-2/h5-9,14H,3-4H2,1-2H3. The molecule has 1 saturated carbocycles. The number of nitrogens with one attached hydrogen (secondary N) is 1. The van der Waals surface area contributed by atoms with Gasteiger partial charge in [-0.05, 0) is 43.9 Å². The zero-order valence-corrected chi connectivity index (χ0v) is 12.7. The van der Waals surface area contributed by atoms with Crippen molar-refractivity contribution in [1.82, 2.24) is 4.72 Å². The highest BCUT2D eigenvalue weighted by Gasteiger charge is 2.32. The van der Waals surface area contributed by atoms with Gasteiger partial charge in [-0.3, -0.25) is 0 Å². The van der Waals surface area contributed by atoms with Gasteiger partial charge in [0.15, 0.2) is 0 Å². The van der Waals surface area contributed by atoms with Gasteiger partial charge < -0.3 is 4.74 Å². The van der Waals surface area contributed by atoms with Crippen LogP contribution in [0.2, 0.25) is 0 Å². The normalized spacial score (nSPS) is 17.5. The topological polar surface area (TPSA) is 55.4 Å². The van der Waals surface area contributed by atoms with Crippen molar-refractivity contribution in [2.75, 3.05) is 7.11 Å². The number of methoxy groups -OCH3 is 1. The van der Waals surface area contributed by atoms with Crippen LogP contribution in [-0.4, -0.2) is 21.6 Å². The summed E-state index contributed by atoms with van der Waals surface area (Å²) < 4.78 is 33.1. The third-order valence-electron chi connectivity index (χ3n) is 3.09. The van der Waals surface area contributed by atoms with Crippen LogP contribution in [0.4, 0.5) is 0 Å². The minimum absolute atomic E-state index is 0.0290. The van der Waals surface area contributed by atoms with E-state index in [0.29, 0.717) is 16.1 Å². The van der Waals surface area contributed by atoms with Crippen molar-refractivity contribution in [2.45, 2.75) is 30.7 Å². The summed E-state index contributed by atoms with van der Waals surface area (Å²) in [6.07, 6.45) is 2.19. The molecule has 0 bridgehead atoms. The summed E-state index contributed by atoms with van der Waals surface area (Å²) in [6.45, 7) is 1.90. The van der Waals surface area contributed by atoms with Crippen LogP contribution in [0.15, 0.2) is 27.6 Å². The van der Waals surface area contributed by atoms with Crippen LogP contribution in [0, 0.1) is 5.92 Å². The predicted octanol–water partition coefficient (Wildman–Crippen LogP) is 2.53. The van der Waals surface area contributed by atoms with Crippen molar-refractivity contribution in [3.05, 3.63) is 22.7 Å². The first-order valence-corrected chi connectivity index (χ1v) is 8.07. The third kappa shape index (κ3) is 3.05. The predicted molar refractivity (Wildman–Crippen MR) is 73.2 cm³/mol. The Morgan fingerprint density at radius 2 is 2.11 bits per heavy atom. The van der Waals surface area contributed by atoms with E-state index in [0.717, 1.165) is 12.8 Å². The molecule has 0 aromatic heterocycles. The summed E-state index contributed by atoms with van der Waals surface area (Å²) in [5.74, 6) is 0.826. The molecule has 6 heteroatoms. The average Bonchev–Trinajstić information content (AvgIpc) is 3.12. The average molecular weight is 334 g/mol.